The minimum absolute atomic E-state index is 0.176. The zero-order valence-corrected chi connectivity index (χ0v) is 14.1. The smallest absolute Gasteiger partial charge is 0.226 e. The lowest BCUT2D eigenvalue weighted by Crippen LogP contribution is -2.42. The van der Waals surface area contributed by atoms with Crippen LogP contribution in [-0.2, 0) is 4.79 Å². The number of amides is 1. The second-order valence-electron chi connectivity index (χ2n) is 6.54. The summed E-state index contributed by atoms with van der Waals surface area (Å²) in [7, 11) is 0. The summed E-state index contributed by atoms with van der Waals surface area (Å²) in [6.07, 6.45) is 10.7. The Labute approximate surface area is 141 Å². The van der Waals surface area contributed by atoms with Gasteiger partial charge in [-0.2, -0.15) is 0 Å². The number of rotatable bonds is 2. The predicted octanol–water partition coefficient (Wildman–Crippen LogP) is 4.71. The van der Waals surface area contributed by atoms with Crippen LogP contribution in [0.5, 0.6) is 0 Å². The maximum atomic E-state index is 13.0. The molecule has 0 saturated carbocycles. The molecule has 2 aliphatic rings. The van der Waals surface area contributed by atoms with E-state index in [0.717, 1.165) is 49.2 Å². The van der Waals surface area contributed by atoms with Crippen molar-refractivity contribution >= 4 is 27.5 Å². The Balaban J connectivity index is 1.62. The third-order valence-electron chi connectivity index (χ3n) is 5.00. The molecule has 0 radical (unpaired) electrons. The molecule has 2 atom stereocenters. The number of hydrogen-bond donors (Lipinski definition) is 0. The number of carbonyl (C=O) groups is 1. The number of nitrogens with zero attached hydrogens (tertiary/aromatic N) is 2. The summed E-state index contributed by atoms with van der Waals surface area (Å²) in [5, 5.41) is 1.12. The molecule has 120 valence electrons. The van der Waals surface area contributed by atoms with Gasteiger partial charge in [-0.15, -0.1) is 11.3 Å². The minimum Gasteiger partial charge on any atom is -0.333 e. The molecule has 1 fully saturated rings. The predicted molar refractivity (Wildman–Crippen MR) is 94.4 cm³/mol. The summed E-state index contributed by atoms with van der Waals surface area (Å²) in [4.78, 5) is 20.0. The van der Waals surface area contributed by atoms with Crippen LogP contribution in [0.25, 0.3) is 10.2 Å². The van der Waals surface area contributed by atoms with Gasteiger partial charge in [0.25, 0.3) is 0 Å². The van der Waals surface area contributed by atoms with Crippen molar-refractivity contribution in [1.29, 1.82) is 0 Å². The van der Waals surface area contributed by atoms with E-state index in [1.54, 1.807) is 11.3 Å². The Bertz CT molecular complexity index is 703. The molecule has 1 aromatic heterocycles. The number of aromatic nitrogens is 1. The van der Waals surface area contributed by atoms with Crippen molar-refractivity contribution < 1.29 is 4.79 Å². The van der Waals surface area contributed by atoms with Crippen molar-refractivity contribution in [1.82, 2.24) is 9.88 Å². The van der Waals surface area contributed by atoms with Crippen molar-refractivity contribution in [2.24, 2.45) is 5.92 Å². The van der Waals surface area contributed by atoms with Gasteiger partial charge in [0.15, 0.2) is 0 Å². The summed E-state index contributed by atoms with van der Waals surface area (Å²) in [6, 6.07) is 8.46. The van der Waals surface area contributed by atoms with E-state index in [9.17, 15) is 4.79 Å². The van der Waals surface area contributed by atoms with E-state index < -0.39 is 0 Å². The third kappa shape index (κ3) is 2.92. The number of allylic oxidation sites excluding steroid dienone is 2. The molecule has 1 aliphatic heterocycles. The molecule has 2 unspecified atom stereocenters. The molecule has 0 bridgehead atoms. The normalized spacial score (nSPS) is 25.0. The maximum Gasteiger partial charge on any atom is 0.226 e. The van der Waals surface area contributed by atoms with Gasteiger partial charge in [0.05, 0.1) is 16.3 Å². The number of fused-ring (bicyclic) bond motifs is 1. The highest BCUT2D eigenvalue weighted by atomic mass is 32.1. The van der Waals surface area contributed by atoms with Gasteiger partial charge in [-0.1, -0.05) is 24.3 Å². The summed E-state index contributed by atoms with van der Waals surface area (Å²) < 4.78 is 1.22. The Morgan fingerprint density at radius 3 is 2.91 bits per heavy atom. The highest BCUT2D eigenvalue weighted by Crippen LogP contribution is 2.37. The quantitative estimate of drug-likeness (QED) is 0.749. The first-order valence-corrected chi connectivity index (χ1v) is 9.45. The van der Waals surface area contributed by atoms with Crippen molar-refractivity contribution in [2.75, 3.05) is 6.54 Å². The fourth-order valence-electron chi connectivity index (χ4n) is 3.74. The molecule has 0 spiro atoms. The van der Waals surface area contributed by atoms with Crippen molar-refractivity contribution in [3.63, 3.8) is 0 Å². The second-order valence-corrected chi connectivity index (χ2v) is 7.61. The number of piperidine rings is 1. The van der Waals surface area contributed by atoms with Gasteiger partial charge >= 0.3 is 0 Å². The van der Waals surface area contributed by atoms with E-state index in [2.05, 4.69) is 35.3 Å². The molecular weight excluding hydrogens is 304 g/mol. The Hall–Kier alpha value is -1.68. The molecule has 1 aromatic carbocycles. The van der Waals surface area contributed by atoms with Crippen molar-refractivity contribution in [2.45, 2.75) is 44.6 Å². The minimum atomic E-state index is 0.176. The van der Waals surface area contributed by atoms with E-state index in [4.69, 9.17) is 4.98 Å². The van der Waals surface area contributed by atoms with Gasteiger partial charge in [0.1, 0.15) is 5.01 Å². The van der Waals surface area contributed by atoms with Crippen LogP contribution >= 0.6 is 11.3 Å². The first-order chi connectivity index (χ1) is 11.3. The zero-order chi connectivity index (χ0) is 15.6. The summed E-state index contributed by atoms with van der Waals surface area (Å²) >= 11 is 1.75. The molecule has 1 saturated heterocycles. The average molecular weight is 326 g/mol. The largest absolute Gasteiger partial charge is 0.333 e. The lowest BCUT2D eigenvalue weighted by atomic mass is 9.91. The van der Waals surface area contributed by atoms with E-state index in [-0.39, 0.29) is 12.0 Å². The number of hydrogen-bond acceptors (Lipinski definition) is 3. The van der Waals surface area contributed by atoms with Gasteiger partial charge in [0, 0.05) is 12.5 Å². The Morgan fingerprint density at radius 1 is 1.17 bits per heavy atom. The molecule has 4 heteroatoms. The second kappa shape index (κ2) is 6.44. The molecule has 1 amide bonds. The van der Waals surface area contributed by atoms with Gasteiger partial charge in [-0.25, -0.2) is 4.98 Å². The van der Waals surface area contributed by atoms with Crippen LogP contribution in [-0.4, -0.2) is 22.3 Å². The highest BCUT2D eigenvalue weighted by Gasteiger charge is 2.33. The van der Waals surface area contributed by atoms with Crippen LogP contribution in [0.1, 0.15) is 49.6 Å². The van der Waals surface area contributed by atoms with Crippen LogP contribution in [0, 0.1) is 5.92 Å². The SMILES string of the molecule is O=C(C1CC=CCC1)N1CCCCC1c1nc2ccccc2s1. The topological polar surface area (TPSA) is 33.2 Å². The lowest BCUT2D eigenvalue weighted by Gasteiger charge is -2.37. The molecule has 2 aromatic rings. The number of carbonyl (C=O) groups excluding carboxylic acids is 1. The van der Waals surface area contributed by atoms with Crippen LogP contribution in [0.3, 0.4) is 0 Å². The Morgan fingerprint density at radius 2 is 2.09 bits per heavy atom. The molecule has 23 heavy (non-hydrogen) atoms. The lowest BCUT2D eigenvalue weighted by molar-refractivity contribution is -0.139. The fraction of sp³-hybridized carbons (Fsp3) is 0.474. The van der Waals surface area contributed by atoms with Crippen molar-refractivity contribution in [3.05, 3.63) is 41.4 Å². The summed E-state index contributed by atoms with van der Waals surface area (Å²) in [6.45, 7) is 0.889. The molecule has 4 rings (SSSR count). The van der Waals surface area contributed by atoms with E-state index >= 15 is 0 Å². The van der Waals surface area contributed by atoms with E-state index in [1.807, 2.05) is 6.07 Å². The number of para-hydroxylation sites is 1. The third-order valence-corrected chi connectivity index (χ3v) is 6.14. The molecule has 2 heterocycles. The standard InChI is InChI=1S/C19H22N2OS/c22-19(14-8-2-1-3-9-14)21-13-7-6-11-16(21)18-20-15-10-4-5-12-17(15)23-18/h1-2,4-5,10,12,14,16H,3,6-9,11,13H2. The van der Waals surface area contributed by atoms with E-state index in [0.29, 0.717) is 5.91 Å². The molecular formula is C19H22N2OS. The maximum absolute atomic E-state index is 13.0. The van der Waals surface area contributed by atoms with Crippen molar-refractivity contribution in [3.8, 4) is 0 Å². The number of thiazole rings is 1. The molecule has 0 N–H and O–H groups in total. The first-order valence-electron chi connectivity index (χ1n) is 8.64. The monoisotopic (exact) mass is 326 g/mol. The Kier molecular flexibility index (Phi) is 4.17. The van der Waals surface area contributed by atoms with Gasteiger partial charge in [-0.3, -0.25) is 4.79 Å². The number of benzene rings is 1. The van der Waals surface area contributed by atoms with Crippen LogP contribution < -0.4 is 0 Å². The first kappa shape index (κ1) is 14.9. The summed E-state index contributed by atoms with van der Waals surface area (Å²) in [5.41, 5.74) is 1.06. The zero-order valence-electron chi connectivity index (χ0n) is 13.3. The highest BCUT2D eigenvalue weighted by molar-refractivity contribution is 7.18. The number of likely N-dealkylation sites (tertiary alicyclic amines) is 1. The van der Waals surface area contributed by atoms with Crippen LogP contribution in [0.15, 0.2) is 36.4 Å². The fourth-order valence-corrected chi connectivity index (χ4v) is 4.85. The average Bonchev–Trinajstić information content (AvgIpc) is 3.06. The van der Waals surface area contributed by atoms with Gasteiger partial charge in [-0.05, 0) is 50.7 Å². The molecule has 1 aliphatic carbocycles. The molecule has 3 nitrogen and oxygen atoms in total. The van der Waals surface area contributed by atoms with Crippen LogP contribution in [0.2, 0.25) is 0 Å². The summed E-state index contributed by atoms with van der Waals surface area (Å²) in [5.74, 6) is 0.522. The van der Waals surface area contributed by atoms with Gasteiger partial charge < -0.3 is 4.90 Å². The van der Waals surface area contributed by atoms with Crippen LogP contribution in [0.4, 0.5) is 0 Å². The van der Waals surface area contributed by atoms with Gasteiger partial charge in [0.2, 0.25) is 5.91 Å². The van der Waals surface area contributed by atoms with E-state index in [1.165, 1.54) is 11.1 Å².